The number of hydrogen-bond donors (Lipinski definition) is 0. The summed E-state index contributed by atoms with van der Waals surface area (Å²) in [5.41, 5.74) is 6.32. The maximum atomic E-state index is 13.5. The molecule has 2 nitrogen and oxygen atoms in total. The number of aryl methyl sites for hydroxylation is 1. The molecule has 0 aliphatic carbocycles. The van der Waals surface area contributed by atoms with E-state index in [0.717, 1.165) is 35.2 Å². The second kappa shape index (κ2) is 11.4. The van der Waals surface area contributed by atoms with E-state index in [1.54, 1.807) is 13.1 Å². The van der Waals surface area contributed by atoms with Gasteiger partial charge in [-0.15, -0.1) is 5.10 Å². The van der Waals surface area contributed by atoms with Gasteiger partial charge in [-0.3, -0.25) is 0 Å². The monoisotopic (exact) mass is 414 g/mol. The third kappa shape index (κ3) is 6.45. The Bertz CT molecular complexity index is 987. The first-order valence-corrected chi connectivity index (χ1v) is 11.1. The average Bonchev–Trinajstić information content (AvgIpc) is 2.81. The molecule has 2 atom stereocenters. The van der Waals surface area contributed by atoms with Gasteiger partial charge in [0.2, 0.25) is 0 Å². The van der Waals surface area contributed by atoms with Crippen LogP contribution in [0.3, 0.4) is 0 Å². The van der Waals surface area contributed by atoms with Crippen molar-refractivity contribution < 1.29 is 4.39 Å². The van der Waals surface area contributed by atoms with Gasteiger partial charge in [-0.05, 0) is 48.8 Å². The van der Waals surface area contributed by atoms with Crippen LogP contribution in [0.25, 0.3) is 0 Å². The summed E-state index contributed by atoms with van der Waals surface area (Å²) in [5.74, 6) is 0.232. The second-order valence-electron chi connectivity index (χ2n) is 7.90. The highest BCUT2D eigenvalue weighted by atomic mass is 19.1. The van der Waals surface area contributed by atoms with Crippen LogP contribution >= 0.6 is 0 Å². The maximum absolute atomic E-state index is 13.5. The lowest BCUT2D eigenvalue weighted by atomic mass is 9.90. The minimum Gasteiger partial charge on any atom is -0.248 e. The number of alkyl halides is 1. The van der Waals surface area contributed by atoms with E-state index in [9.17, 15) is 4.39 Å². The standard InChI is InChI=1S/C28H31FN2/c1-4-22-11-13-23(14-12-22)20-30-31-28(26-9-7-6-8-10-26)27-17-15-25(16-18-27)24(5-2)19-21(3)29/h6-18,20-21,24H,4-5,19H2,1-3H3. The lowest BCUT2D eigenvalue weighted by Crippen LogP contribution is -2.06. The van der Waals surface area contributed by atoms with Crippen LogP contribution in [0.4, 0.5) is 4.39 Å². The quantitative estimate of drug-likeness (QED) is 0.258. The zero-order chi connectivity index (χ0) is 22.1. The molecule has 0 radical (unpaired) electrons. The van der Waals surface area contributed by atoms with Crippen LogP contribution < -0.4 is 0 Å². The van der Waals surface area contributed by atoms with Crippen molar-refractivity contribution in [3.05, 3.63) is 107 Å². The van der Waals surface area contributed by atoms with E-state index >= 15 is 0 Å². The molecule has 0 amide bonds. The molecule has 2 unspecified atom stereocenters. The molecule has 0 heterocycles. The van der Waals surface area contributed by atoms with Crippen LogP contribution in [0.1, 0.15) is 67.3 Å². The summed E-state index contributed by atoms with van der Waals surface area (Å²) in [4.78, 5) is 0. The summed E-state index contributed by atoms with van der Waals surface area (Å²) in [6, 6.07) is 26.8. The first-order chi connectivity index (χ1) is 15.1. The third-order valence-corrected chi connectivity index (χ3v) is 5.56. The molecule has 0 saturated carbocycles. The van der Waals surface area contributed by atoms with Gasteiger partial charge in [0.15, 0.2) is 0 Å². The Labute approximate surface area is 185 Å². The van der Waals surface area contributed by atoms with Gasteiger partial charge in [0, 0.05) is 11.1 Å². The highest BCUT2D eigenvalue weighted by Crippen LogP contribution is 2.26. The predicted molar refractivity (Wildman–Crippen MR) is 130 cm³/mol. The molecule has 160 valence electrons. The normalized spacial score (nSPS) is 14.0. The van der Waals surface area contributed by atoms with Crippen LogP contribution in [0.15, 0.2) is 89.1 Å². The number of rotatable bonds is 9. The number of benzene rings is 3. The minimum absolute atomic E-state index is 0.232. The van der Waals surface area contributed by atoms with Gasteiger partial charge in [0.1, 0.15) is 5.71 Å². The van der Waals surface area contributed by atoms with Gasteiger partial charge in [0.25, 0.3) is 0 Å². The largest absolute Gasteiger partial charge is 0.248 e. The zero-order valence-electron chi connectivity index (χ0n) is 18.6. The summed E-state index contributed by atoms with van der Waals surface area (Å²) < 4.78 is 13.5. The topological polar surface area (TPSA) is 24.7 Å². The Morgan fingerprint density at radius 3 is 2.10 bits per heavy atom. The smallest absolute Gasteiger partial charge is 0.100 e. The molecule has 0 spiro atoms. The number of nitrogens with zero attached hydrogens (tertiary/aromatic N) is 2. The highest BCUT2D eigenvalue weighted by molar-refractivity contribution is 6.13. The van der Waals surface area contributed by atoms with Crippen LogP contribution in [0.5, 0.6) is 0 Å². The van der Waals surface area contributed by atoms with Crippen LogP contribution in [0.2, 0.25) is 0 Å². The Hall–Kier alpha value is -3.07. The van der Waals surface area contributed by atoms with Gasteiger partial charge >= 0.3 is 0 Å². The van der Waals surface area contributed by atoms with Gasteiger partial charge in [-0.2, -0.15) is 5.10 Å². The first kappa shape index (κ1) is 22.6. The van der Waals surface area contributed by atoms with E-state index in [1.165, 1.54) is 11.1 Å². The Morgan fingerprint density at radius 1 is 0.871 bits per heavy atom. The molecule has 0 aliphatic rings. The summed E-state index contributed by atoms with van der Waals surface area (Å²) in [5, 5.41) is 8.95. The van der Waals surface area contributed by atoms with E-state index in [0.29, 0.717) is 6.42 Å². The van der Waals surface area contributed by atoms with Crippen LogP contribution in [0, 0.1) is 0 Å². The molecule has 0 aromatic heterocycles. The molecule has 0 N–H and O–H groups in total. The van der Waals surface area contributed by atoms with E-state index < -0.39 is 6.17 Å². The van der Waals surface area contributed by atoms with Crippen molar-refractivity contribution in [3.8, 4) is 0 Å². The van der Waals surface area contributed by atoms with E-state index in [4.69, 9.17) is 0 Å². The fraction of sp³-hybridized carbons (Fsp3) is 0.286. The Morgan fingerprint density at radius 2 is 1.52 bits per heavy atom. The van der Waals surface area contributed by atoms with Crippen LogP contribution in [-0.4, -0.2) is 18.1 Å². The van der Waals surface area contributed by atoms with Crippen LogP contribution in [-0.2, 0) is 6.42 Å². The summed E-state index contributed by atoms with van der Waals surface area (Å²) in [6.45, 7) is 5.89. The van der Waals surface area contributed by atoms with Crippen molar-refractivity contribution in [2.24, 2.45) is 10.2 Å². The van der Waals surface area contributed by atoms with E-state index in [2.05, 4.69) is 72.6 Å². The van der Waals surface area contributed by atoms with Crippen molar-refractivity contribution in [2.45, 2.75) is 52.1 Å². The third-order valence-electron chi connectivity index (χ3n) is 5.56. The first-order valence-electron chi connectivity index (χ1n) is 11.1. The number of halogens is 1. The Kier molecular flexibility index (Phi) is 8.28. The molecule has 3 rings (SSSR count). The SMILES string of the molecule is CCc1ccc(C=NN=C(c2ccccc2)c2ccc(C(CC)CC(C)F)cc2)cc1. The van der Waals surface area contributed by atoms with Gasteiger partial charge in [0.05, 0.1) is 12.4 Å². The molecule has 0 fully saturated rings. The molecule has 31 heavy (non-hydrogen) atoms. The second-order valence-corrected chi connectivity index (χ2v) is 7.90. The minimum atomic E-state index is -0.799. The molecule has 0 bridgehead atoms. The van der Waals surface area contributed by atoms with E-state index in [-0.39, 0.29) is 5.92 Å². The Balaban J connectivity index is 1.88. The maximum Gasteiger partial charge on any atom is 0.100 e. The molecular formula is C28H31FN2. The van der Waals surface area contributed by atoms with Crippen molar-refractivity contribution >= 4 is 11.9 Å². The molecule has 0 aliphatic heterocycles. The molecule has 3 heteroatoms. The molecular weight excluding hydrogens is 383 g/mol. The fourth-order valence-electron chi connectivity index (χ4n) is 3.71. The zero-order valence-corrected chi connectivity index (χ0v) is 18.6. The van der Waals surface area contributed by atoms with E-state index in [1.807, 2.05) is 30.3 Å². The van der Waals surface area contributed by atoms with Gasteiger partial charge in [-0.25, -0.2) is 4.39 Å². The van der Waals surface area contributed by atoms with Crippen molar-refractivity contribution in [2.75, 3.05) is 0 Å². The lowest BCUT2D eigenvalue weighted by molar-refractivity contribution is 0.316. The van der Waals surface area contributed by atoms with Crippen molar-refractivity contribution in [3.63, 3.8) is 0 Å². The fourth-order valence-corrected chi connectivity index (χ4v) is 3.71. The molecule has 0 saturated heterocycles. The predicted octanol–water partition coefficient (Wildman–Crippen LogP) is 7.36. The molecule has 3 aromatic carbocycles. The lowest BCUT2D eigenvalue weighted by Gasteiger charge is -2.16. The summed E-state index contributed by atoms with van der Waals surface area (Å²) in [7, 11) is 0. The molecule has 3 aromatic rings. The van der Waals surface area contributed by atoms with Gasteiger partial charge < -0.3 is 0 Å². The number of hydrogen-bond acceptors (Lipinski definition) is 2. The van der Waals surface area contributed by atoms with Crippen molar-refractivity contribution in [1.29, 1.82) is 0 Å². The highest BCUT2D eigenvalue weighted by Gasteiger charge is 2.14. The van der Waals surface area contributed by atoms with Gasteiger partial charge in [-0.1, -0.05) is 92.7 Å². The summed E-state index contributed by atoms with van der Waals surface area (Å²) in [6.07, 6.45) is 3.48. The van der Waals surface area contributed by atoms with Crippen molar-refractivity contribution in [1.82, 2.24) is 0 Å². The average molecular weight is 415 g/mol. The summed E-state index contributed by atoms with van der Waals surface area (Å²) >= 11 is 0.